The molecular weight excluding hydrogens is 432 g/mol. The molecule has 1 heterocycles. The van der Waals surface area contributed by atoms with Crippen LogP contribution < -0.4 is 4.74 Å². The van der Waals surface area contributed by atoms with E-state index in [9.17, 15) is 18.0 Å². The van der Waals surface area contributed by atoms with Crippen molar-refractivity contribution in [1.29, 1.82) is 0 Å². The van der Waals surface area contributed by atoms with Crippen LogP contribution in [-0.2, 0) is 19.6 Å². The maximum absolute atomic E-state index is 13.3. The Morgan fingerprint density at radius 2 is 1.66 bits per heavy atom. The first-order valence-corrected chi connectivity index (χ1v) is 12.9. The van der Waals surface area contributed by atoms with Crippen LogP contribution in [0.1, 0.15) is 68.1 Å². The lowest BCUT2D eigenvalue weighted by Crippen LogP contribution is -2.40. The molecule has 1 aliphatic carbocycles. The predicted molar refractivity (Wildman–Crippen MR) is 120 cm³/mol. The van der Waals surface area contributed by atoms with Crippen LogP contribution in [0, 0.1) is 0 Å². The van der Waals surface area contributed by atoms with E-state index in [1.807, 2.05) is 0 Å². The zero-order valence-corrected chi connectivity index (χ0v) is 19.9. The van der Waals surface area contributed by atoms with Gasteiger partial charge in [-0.05, 0) is 43.9 Å². The molecule has 0 radical (unpaired) electrons. The number of carbonyl (C=O) groups is 2. The Morgan fingerprint density at radius 3 is 2.28 bits per heavy atom. The highest BCUT2D eigenvalue weighted by atomic mass is 32.2. The maximum atomic E-state index is 13.3. The average molecular weight is 467 g/mol. The van der Waals surface area contributed by atoms with Crippen LogP contribution in [0.25, 0.3) is 0 Å². The first kappa shape index (κ1) is 24.5. The standard InChI is InChI=1S/C23H34N2O6S/c1-24(19-10-6-5-7-11-19)22(26)17-31-23(27)18-12-13-20(30-2)21(16-18)32(28,29)25-14-8-3-4-9-15-25/h12-13,16,19H,3-11,14-15,17H2,1-2H3. The molecule has 0 N–H and O–H groups in total. The van der Waals surface area contributed by atoms with Crippen molar-refractivity contribution in [3.8, 4) is 5.75 Å². The van der Waals surface area contributed by atoms with Crippen molar-refractivity contribution in [3.63, 3.8) is 0 Å². The van der Waals surface area contributed by atoms with Crippen molar-refractivity contribution < 1.29 is 27.5 Å². The molecule has 1 saturated carbocycles. The van der Waals surface area contributed by atoms with Gasteiger partial charge in [0, 0.05) is 26.2 Å². The number of ether oxygens (including phenoxy) is 2. The van der Waals surface area contributed by atoms with Gasteiger partial charge >= 0.3 is 5.97 Å². The Kier molecular flexibility index (Phi) is 8.53. The zero-order chi connectivity index (χ0) is 23.1. The SMILES string of the molecule is COc1ccc(C(=O)OCC(=O)N(C)C2CCCCC2)cc1S(=O)(=O)N1CCCCCC1. The summed E-state index contributed by atoms with van der Waals surface area (Å²) in [5, 5.41) is 0. The van der Waals surface area contributed by atoms with Gasteiger partial charge in [0.05, 0.1) is 12.7 Å². The van der Waals surface area contributed by atoms with Gasteiger partial charge in [0.1, 0.15) is 10.6 Å². The van der Waals surface area contributed by atoms with E-state index in [0.29, 0.717) is 13.1 Å². The molecule has 0 unspecified atom stereocenters. The number of carbonyl (C=O) groups excluding carboxylic acids is 2. The molecule has 1 aromatic carbocycles. The van der Waals surface area contributed by atoms with Crippen LogP contribution in [-0.4, -0.2) is 69.4 Å². The van der Waals surface area contributed by atoms with Crippen LogP contribution in [0.2, 0.25) is 0 Å². The minimum absolute atomic E-state index is 0.0537. The Morgan fingerprint density at radius 1 is 1.03 bits per heavy atom. The quantitative estimate of drug-likeness (QED) is 0.573. The first-order chi connectivity index (χ1) is 15.3. The predicted octanol–water partition coefficient (Wildman–Crippen LogP) is 3.21. The number of likely N-dealkylation sites (N-methyl/N-ethyl adjacent to an activating group) is 1. The van der Waals surface area contributed by atoms with Crippen molar-refractivity contribution in [3.05, 3.63) is 23.8 Å². The summed E-state index contributed by atoms with van der Waals surface area (Å²) in [5.41, 5.74) is 0.0762. The van der Waals surface area contributed by atoms with E-state index < -0.39 is 16.0 Å². The van der Waals surface area contributed by atoms with E-state index in [1.165, 1.54) is 36.0 Å². The molecule has 1 saturated heterocycles. The second kappa shape index (κ2) is 11.1. The largest absolute Gasteiger partial charge is 0.495 e. The van der Waals surface area contributed by atoms with Crippen LogP contribution >= 0.6 is 0 Å². The van der Waals surface area contributed by atoms with Crippen LogP contribution in [0.3, 0.4) is 0 Å². The maximum Gasteiger partial charge on any atom is 0.338 e. The zero-order valence-electron chi connectivity index (χ0n) is 19.0. The Bertz CT molecular complexity index is 903. The van der Waals surface area contributed by atoms with E-state index in [4.69, 9.17) is 9.47 Å². The van der Waals surface area contributed by atoms with Crippen molar-refractivity contribution in [2.45, 2.75) is 68.7 Å². The van der Waals surface area contributed by atoms with Gasteiger partial charge in [-0.3, -0.25) is 4.79 Å². The number of hydrogen-bond acceptors (Lipinski definition) is 6. The second-order valence-corrected chi connectivity index (χ2v) is 10.5. The fraction of sp³-hybridized carbons (Fsp3) is 0.652. The third-order valence-corrected chi connectivity index (χ3v) is 8.34. The molecule has 32 heavy (non-hydrogen) atoms. The van der Waals surface area contributed by atoms with Gasteiger partial charge in [-0.1, -0.05) is 32.1 Å². The van der Waals surface area contributed by atoms with E-state index in [1.54, 1.807) is 11.9 Å². The van der Waals surface area contributed by atoms with Gasteiger partial charge in [-0.15, -0.1) is 0 Å². The molecule has 1 amide bonds. The number of amides is 1. The number of methoxy groups -OCH3 is 1. The molecular formula is C23H34N2O6S. The first-order valence-electron chi connectivity index (χ1n) is 11.5. The summed E-state index contributed by atoms with van der Waals surface area (Å²) in [6, 6.07) is 4.38. The van der Waals surface area contributed by atoms with Crippen LogP contribution in [0.4, 0.5) is 0 Å². The summed E-state index contributed by atoms with van der Waals surface area (Å²) >= 11 is 0. The average Bonchev–Trinajstić information content (AvgIpc) is 3.12. The van der Waals surface area contributed by atoms with Crippen molar-refractivity contribution in [2.24, 2.45) is 0 Å². The molecule has 0 atom stereocenters. The summed E-state index contributed by atoms with van der Waals surface area (Å²) in [6.07, 6.45) is 8.92. The number of benzene rings is 1. The summed E-state index contributed by atoms with van der Waals surface area (Å²) in [6.45, 7) is 0.524. The Labute approximate surface area is 190 Å². The van der Waals surface area contributed by atoms with Crippen LogP contribution in [0.15, 0.2) is 23.1 Å². The summed E-state index contributed by atoms with van der Waals surface area (Å²) in [5.74, 6) is -0.805. The van der Waals surface area contributed by atoms with E-state index in [-0.39, 0.29) is 34.8 Å². The lowest BCUT2D eigenvalue weighted by atomic mass is 9.94. The monoisotopic (exact) mass is 466 g/mol. The molecule has 0 aromatic heterocycles. The fourth-order valence-corrected chi connectivity index (χ4v) is 6.11. The van der Waals surface area contributed by atoms with Gasteiger partial charge < -0.3 is 14.4 Å². The van der Waals surface area contributed by atoms with Crippen molar-refractivity contribution in [2.75, 3.05) is 33.9 Å². The Hall–Kier alpha value is -2.13. The number of hydrogen-bond donors (Lipinski definition) is 0. The smallest absolute Gasteiger partial charge is 0.338 e. The Balaban J connectivity index is 1.71. The highest BCUT2D eigenvalue weighted by Crippen LogP contribution is 2.29. The van der Waals surface area contributed by atoms with E-state index in [0.717, 1.165) is 51.4 Å². The molecule has 0 bridgehead atoms. The molecule has 2 aliphatic rings. The van der Waals surface area contributed by atoms with Gasteiger partial charge in [-0.2, -0.15) is 4.31 Å². The molecule has 178 valence electrons. The van der Waals surface area contributed by atoms with E-state index in [2.05, 4.69) is 0 Å². The topological polar surface area (TPSA) is 93.2 Å². The lowest BCUT2D eigenvalue weighted by Gasteiger charge is -2.31. The summed E-state index contributed by atoms with van der Waals surface area (Å²) < 4.78 is 38.5. The number of rotatable bonds is 7. The fourth-order valence-electron chi connectivity index (χ4n) is 4.41. The number of esters is 1. The minimum Gasteiger partial charge on any atom is -0.495 e. The number of sulfonamides is 1. The molecule has 0 spiro atoms. The third kappa shape index (κ3) is 5.81. The number of nitrogens with zero attached hydrogens (tertiary/aromatic N) is 2. The van der Waals surface area contributed by atoms with Gasteiger partial charge in [0.25, 0.3) is 5.91 Å². The van der Waals surface area contributed by atoms with Gasteiger partial charge in [-0.25, -0.2) is 13.2 Å². The van der Waals surface area contributed by atoms with Gasteiger partial charge in [0.15, 0.2) is 6.61 Å². The highest BCUT2D eigenvalue weighted by molar-refractivity contribution is 7.89. The molecule has 1 aliphatic heterocycles. The molecule has 1 aromatic rings. The lowest BCUT2D eigenvalue weighted by molar-refractivity contribution is -0.135. The highest BCUT2D eigenvalue weighted by Gasteiger charge is 2.30. The van der Waals surface area contributed by atoms with Crippen LogP contribution in [0.5, 0.6) is 5.75 Å². The molecule has 2 fully saturated rings. The van der Waals surface area contributed by atoms with Crippen molar-refractivity contribution >= 4 is 21.9 Å². The van der Waals surface area contributed by atoms with Crippen molar-refractivity contribution in [1.82, 2.24) is 9.21 Å². The summed E-state index contributed by atoms with van der Waals surface area (Å²) in [4.78, 5) is 26.7. The van der Waals surface area contributed by atoms with E-state index >= 15 is 0 Å². The second-order valence-electron chi connectivity index (χ2n) is 8.56. The molecule has 9 heteroatoms. The normalized spacial score (nSPS) is 18.6. The third-order valence-electron chi connectivity index (χ3n) is 6.42. The minimum atomic E-state index is -3.82. The molecule has 3 rings (SSSR count). The van der Waals surface area contributed by atoms with Gasteiger partial charge in [0.2, 0.25) is 10.0 Å². The summed E-state index contributed by atoms with van der Waals surface area (Å²) in [7, 11) is -0.679. The molecule has 8 nitrogen and oxygen atoms in total.